The smallest absolute Gasteiger partial charge is 0.258 e. The van der Waals surface area contributed by atoms with E-state index in [9.17, 15) is 20.2 Å². The third-order valence-corrected chi connectivity index (χ3v) is 4.27. The highest BCUT2D eigenvalue weighted by molar-refractivity contribution is 7.05. The molecule has 0 aliphatic carbocycles. The molecule has 0 radical (unpaired) electrons. The second-order valence-electron chi connectivity index (χ2n) is 5.31. The van der Waals surface area contributed by atoms with Gasteiger partial charge in [-0.05, 0) is 22.7 Å². The van der Waals surface area contributed by atoms with Crippen LogP contribution < -0.4 is 0 Å². The van der Waals surface area contributed by atoms with Gasteiger partial charge in [-0.1, -0.05) is 24.3 Å². The lowest BCUT2D eigenvalue weighted by Crippen LogP contribution is -1.94. The van der Waals surface area contributed by atoms with E-state index in [0.29, 0.717) is 18.7 Å². The van der Waals surface area contributed by atoms with Gasteiger partial charge in [0.2, 0.25) is 0 Å². The summed E-state index contributed by atoms with van der Waals surface area (Å²) in [4.78, 5) is 24.9. The van der Waals surface area contributed by atoms with Crippen molar-refractivity contribution in [1.82, 2.24) is 9.36 Å². The Balaban J connectivity index is 1.65. The molecule has 0 fully saturated rings. The summed E-state index contributed by atoms with van der Waals surface area (Å²) < 4.78 is 4.30. The summed E-state index contributed by atoms with van der Waals surface area (Å²) in [5.74, 6) is 0.649. The second-order valence-corrected chi connectivity index (χ2v) is 6.14. The lowest BCUT2D eigenvalue weighted by molar-refractivity contribution is -0.385. The fourth-order valence-corrected chi connectivity index (χ4v) is 2.96. The van der Waals surface area contributed by atoms with Crippen LogP contribution in [0.25, 0.3) is 0 Å². The van der Waals surface area contributed by atoms with Crippen LogP contribution in [-0.2, 0) is 12.8 Å². The van der Waals surface area contributed by atoms with E-state index in [0.717, 1.165) is 16.1 Å². The number of nitro benzene ring substituents is 2. The van der Waals surface area contributed by atoms with Crippen molar-refractivity contribution in [3.8, 4) is 0 Å². The molecule has 25 heavy (non-hydrogen) atoms. The fraction of sp³-hybridized carbons (Fsp3) is 0.125. The lowest BCUT2D eigenvalue weighted by atomic mass is 10.1. The van der Waals surface area contributed by atoms with Crippen LogP contribution in [0.15, 0.2) is 48.5 Å². The Labute approximate surface area is 146 Å². The molecule has 0 spiro atoms. The normalized spacial score (nSPS) is 10.6. The van der Waals surface area contributed by atoms with Gasteiger partial charge in [0, 0.05) is 37.1 Å². The van der Waals surface area contributed by atoms with Crippen molar-refractivity contribution in [3.63, 3.8) is 0 Å². The Morgan fingerprint density at radius 2 is 1.28 bits per heavy atom. The van der Waals surface area contributed by atoms with Gasteiger partial charge in [0.25, 0.3) is 11.4 Å². The Hall–Kier alpha value is -3.20. The highest BCUT2D eigenvalue weighted by Crippen LogP contribution is 2.18. The highest BCUT2D eigenvalue weighted by atomic mass is 32.1. The molecule has 0 saturated heterocycles. The number of rotatable bonds is 6. The van der Waals surface area contributed by atoms with Crippen LogP contribution in [0.4, 0.5) is 11.4 Å². The molecule has 3 aromatic rings. The average molecular weight is 356 g/mol. The molecule has 9 heteroatoms. The van der Waals surface area contributed by atoms with Crippen molar-refractivity contribution in [3.05, 3.63) is 90.7 Å². The zero-order valence-electron chi connectivity index (χ0n) is 12.9. The predicted molar refractivity (Wildman–Crippen MR) is 91.7 cm³/mol. The first-order valence-electron chi connectivity index (χ1n) is 7.29. The van der Waals surface area contributed by atoms with Gasteiger partial charge in [0.05, 0.1) is 9.85 Å². The molecule has 8 nitrogen and oxygen atoms in total. The van der Waals surface area contributed by atoms with Gasteiger partial charge in [-0.3, -0.25) is 20.2 Å². The molecule has 1 aromatic heterocycles. The Kier molecular flexibility index (Phi) is 4.75. The van der Waals surface area contributed by atoms with E-state index in [1.165, 1.54) is 35.8 Å². The zero-order valence-corrected chi connectivity index (χ0v) is 13.7. The van der Waals surface area contributed by atoms with Gasteiger partial charge >= 0.3 is 0 Å². The van der Waals surface area contributed by atoms with Crippen LogP contribution in [0.2, 0.25) is 0 Å². The number of hydrogen-bond donors (Lipinski definition) is 0. The Morgan fingerprint density at radius 1 is 0.800 bits per heavy atom. The van der Waals surface area contributed by atoms with Crippen LogP contribution in [0.5, 0.6) is 0 Å². The van der Waals surface area contributed by atoms with Crippen LogP contribution in [-0.4, -0.2) is 19.2 Å². The maximum absolute atomic E-state index is 10.7. The number of nitrogens with zero attached hydrogens (tertiary/aromatic N) is 4. The predicted octanol–water partition coefficient (Wildman–Crippen LogP) is 3.54. The number of benzene rings is 2. The molecule has 0 aliphatic heterocycles. The van der Waals surface area contributed by atoms with E-state index in [4.69, 9.17) is 0 Å². The van der Waals surface area contributed by atoms with Gasteiger partial charge in [0.1, 0.15) is 10.8 Å². The van der Waals surface area contributed by atoms with Gasteiger partial charge in [-0.25, -0.2) is 4.98 Å². The van der Waals surface area contributed by atoms with E-state index >= 15 is 0 Å². The van der Waals surface area contributed by atoms with E-state index < -0.39 is 9.85 Å². The van der Waals surface area contributed by atoms with Crippen LogP contribution in [0.1, 0.15) is 22.0 Å². The van der Waals surface area contributed by atoms with Crippen LogP contribution in [0, 0.1) is 20.2 Å². The summed E-state index contributed by atoms with van der Waals surface area (Å²) in [6.45, 7) is 0. The van der Waals surface area contributed by atoms with Gasteiger partial charge < -0.3 is 0 Å². The minimum absolute atomic E-state index is 0.0499. The Morgan fingerprint density at radius 3 is 1.76 bits per heavy atom. The number of hydrogen-bond acceptors (Lipinski definition) is 7. The van der Waals surface area contributed by atoms with Crippen molar-refractivity contribution in [2.45, 2.75) is 12.8 Å². The zero-order chi connectivity index (χ0) is 17.8. The largest absolute Gasteiger partial charge is 0.269 e. The highest BCUT2D eigenvalue weighted by Gasteiger charge is 2.10. The van der Waals surface area contributed by atoms with E-state index in [-0.39, 0.29) is 11.4 Å². The standard InChI is InChI=1S/C16H12N4O4S/c21-19(22)13-5-1-11(2-6-13)9-15-17-16(25-18-15)10-12-3-7-14(8-4-12)20(23)24/h1-8H,9-10H2. The van der Waals surface area contributed by atoms with Gasteiger partial charge in [-0.2, -0.15) is 4.37 Å². The van der Waals surface area contributed by atoms with Crippen molar-refractivity contribution in [2.24, 2.45) is 0 Å². The third-order valence-electron chi connectivity index (χ3n) is 3.52. The van der Waals surface area contributed by atoms with Gasteiger partial charge in [0.15, 0.2) is 0 Å². The quantitative estimate of drug-likeness (QED) is 0.493. The molecule has 0 saturated carbocycles. The van der Waals surface area contributed by atoms with Crippen molar-refractivity contribution >= 4 is 22.9 Å². The molecular formula is C16H12N4O4S. The molecule has 126 valence electrons. The minimum Gasteiger partial charge on any atom is -0.258 e. The first-order valence-corrected chi connectivity index (χ1v) is 8.07. The summed E-state index contributed by atoms with van der Waals surface area (Å²) >= 11 is 1.28. The van der Waals surface area contributed by atoms with E-state index in [2.05, 4.69) is 9.36 Å². The van der Waals surface area contributed by atoms with Crippen LogP contribution >= 0.6 is 11.5 Å². The first-order chi connectivity index (χ1) is 12.0. The maximum Gasteiger partial charge on any atom is 0.269 e. The summed E-state index contributed by atoms with van der Waals surface area (Å²) in [6.07, 6.45) is 1.05. The third kappa shape index (κ3) is 4.21. The minimum atomic E-state index is -0.437. The van der Waals surface area contributed by atoms with Crippen molar-refractivity contribution < 1.29 is 9.85 Å². The molecular weight excluding hydrogens is 344 g/mol. The molecule has 1 heterocycles. The average Bonchev–Trinajstić information content (AvgIpc) is 3.02. The molecule has 0 bridgehead atoms. The maximum atomic E-state index is 10.7. The lowest BCUT2D eigenvalue weighted by Gasteiger charge is -1.98. The molecule has 0 atom stereocenters. The van der Waals surface area contributed by atoms with Crippen LogP contribution in [0.3, 0.4) is 0 Å². The topological polar surface area (TPSA) is 112 Å². The van der Waals surface area contributed by atoms with Crippen molar-refractivity contribution in [1.29, 1.82) is 0 Å². The van der Waals surface area contributed by atoms with Gasteiger partial charge in [-0.15, -0.1) is 0 Å². The molecule has 3 rings (SSSR count). The SMILES string of the molecule is O=[N+]([O-])c1ccc(Cc2nsc(Cc3ccc([N+](=O)[O-])cc3)n2)cc1. The summed E-state index contributed by atoms with van der Waals surface area (Å²) in [5, 5.41) is 22.1. The number of nitro groups is 2. The summed E-state index contributed by atoms with van der Waals surface area (Å²) in [5.41, 5.74) is 1.92. The summed E-state index contributed by atoms with van der Waals surface area (Å²) in [6, 6.07) is 12.6. The Bertz CT molecular complexity index is 833. The molecule has 0 aliphatic rings. The number of non-ortho nitro benzene ring substituents is 2. The molecule has 2 aromatic carbocycles. The molecule has 0 unspecified atom stereocenters. The first kappa shape index (κ1) is 16.7. The van der Waals surface area contributed by atoms with E-state index in [1.54, 1.807) is 24.3 Å². The molecule has 0 N–H and O–H groups in total. The monoisotopic (exact) mass is 356 g/mol. The summed E-state index contributed by atoms with van der Waals surface area (Å²) in [7, 11) is 0. The van der Waals surface area contributed by atoms with Crippen molar-refractivity contribution in [2.75, 3.05) is 0 Å². The second kappa shape index (κ2) is 7.14. The fourth-order valence-electron chi connectivity index (χ4n) is 2.26. The van der Waals surface area contributed by atoms with E-state index in [1.807, 2.05) is 0 Å². The number of aromatic nitrogens is 2. The molecule has 0 amide bonds.